The number of ether oxygens (including phenoxy) is 1. The number of nitro groups is 1. The quantitative estimate of drug-likeness (QED) is 0.574. The van der Waals surface area contributed by atoms with Gasteiger partial charge in [0.25, 0.3) is 11.6 Å². The molecule has 0 aliphatic rings. The first kappa shape index (κ1) is 15.8. The first-order valence-corrected chi connectivity index (χ1v) is 6.20. The highest BCUT2D eigenvalue weighted by Crippen LogP contribution is 2.20. The monoisotopic (exact) mass is 282 g/mol. The van der Waals surface area contributed by atoms with Crippen LogP contribution in [0.15, 0.2) is 12.3 Å². The summed E-state index contributed by atoms with van der Waals surface area (Å²) in [5.74, 6) is -0.138. The predicted molar refractivity (Wildman–Crippen MR) is 73.9 cm³/mol. The van der Waals surface area contributed by atoms with Gasteiger partial charge in [0, 0.05) is 25.8 Å². The summed E-state index contributed by atoms with van der Waals surface area (Å²) in [5, 5.41) is 16.3. The van der Waals surface area contributed by atoms with Gasteiger partial charge in [0.05, 0.1) is 11.5 Å². The van der Waals surface area contributed by atoms with Gasteiger partial charge in [-0.15, -0.1) is 0 Å². The van der Waals surface area contributed by atoms with E-state index in [1.54, 1.807) is 14.0 Å². The van der Waals surface area contributed by atoms with E-state index in [1.807, 2.05) is 6.92 Å². The second kappa shape index (κ2) is 7.39. The van der Waals surface area contributed by atoms with E-state index in [1.165, 1.54) is 6.07 Å². The molecule has 1 unspecified atom stereocenters. The summed E-state index contributed by atoms with van der Waals surface area (Å²) in [4.78, 5) is 26.2. The number of hydrogen-bond donors (Lipinski definition) is 2. The average Bonchev–Trinajstić information content (AvgIpc) is 2.44. The van der Waals surface area contributed by atoms with Crippen LogP contribution in [-0.2, 0) is 4.74 Å². The number of amides is 1. The number of pyridine rings is 1. The van der Waals surface area contributed by atoms with Gasteiger partial charge in [-0.05, 0) is 13.8 Å². The third kappa shape index (κ3) is 4.16. The number of carbonyl (C=O) groups is 1. The Morgan fingerprint density at radius 1 is 1.60 bits per heavy atom. The second-order valence-electron chi connectivity index (χ2n) is 4.13. The Bertz CT molecular complexity index is 492. The molecule has 110 valence electrons. The summed E-state index contributed by atoms with van der Waals surface area (Å²) in [6, 6.07) is 1.11. The molecule has 2 N–H and O–H groups in total. The molecule has 1 atom stereocenters. The molecule has 20 heavy (non-hydrogen) atoms. The SMILES string of the molecule is CCOCC(C)NC(=O)c1cc(NC)ncc1[N+](=O)[O-]. The summed E-state index contributed by atoms with van der Waals surface area (Å²) < 4.78 is 5.18. The van der Waals surface area contributed by atoms with Crippen LogP contribution in [-0.4, -0.2) is 42.1 Å². The Morgan fingerprint density at radius 2 is 2.30 bits per heavy atom. The minimum Gasteiger partial charge on any atom is -0.380 e. The van der Waals surface area contributed by atoms with Crippen LogP contribution in [0.5, 0.6) is 0 Å². The Morgan fingerprint density at radius 3 is 2.85 bits per heavy atom. The molecule has 0 aliphatic heterocycles. The van der Waals surface area contributed by atoms with Gasteiger partial charge in [0.15, 0.2) is 0 Å². The van der Waals surface area contributed by atoms with E-state index in [-0.39, 0.29) is 17.3 Å². The molecule has 0 saturated heterocycles. The zero-order valence-corrected chi connectivity index (χ0v) is 11.7. The molecule has 8 nitrogen and oxygen atoms in total. The third-order valence-corrected chi connectivity index (χ3v) is 2.53. The molecule has 1 rings (SSSR count). The maximum Gasteiger partial charge on any atom is 0.300 e. The maximum atomic E-state index is 12.1. The number of aromatic nitrogens is 1. The summed E-state index contributed by atoms with van der Waals surface area (Å²) in [6.07, 6.45) is 1.06. The fraction of sp³-hybridized carbons (Fsp3) is 0.500. The lowest BCUT2D eigenvalue weighted by molar-refractivity contribution is -0.385. The highest BCUT2D eigenvalue weighted by atomic mass is 16.6. The lowest BCUT2D eigenvalue weighted by atomic mass is 10.2. The van der Waals surface area contributed by atoms with Crippen molar-refractivity contribution in [3.05, 3.63) is 27.9 Å². The van der Waals surface area contributed by atoms with Gasteiger partial charge in [0.1, 0.15) is 17.6 Å². The highest BCUT2D eigenvalue weighted by molar-refractivity contribution is 5.98. The van der Waals surface area contributed by atoms with Gasteiger partial charge in [-0.25, -0.2) is 4.98 Å². The van der Waals surface area contributed by atoms with Crippen molar-refractivity contribution in [3.63, 3.8) is 0 Å². The van der Waals surface area contributed by atoms with Crippen LogP contribution < -0.4 is 10.6 Å². The first-order valence-electron chi connectivity index (χ1n) is 6.20. The Hall–Kier alpha value is -2.22. The number of nitrogens with one attached hydrogen (secondary N) is 2. The van der Waals surface area contributed by atoms with Crippen molar-refractivity contribution in [2.24, 2.45) is 0 Å². The van der Waals surface area contributed by atoms with Crippen LogP contribution in [0.2, 0.25) is 0 Å². The summed E-state index contributed by atoms with van der Waals surface area (Å²) in [6.45, 7) is 4.50. The number of rotatable bonds is 7. The van der Waals surface area contributed by atoms with Crippen LogP contribution in [0.25, 0.3) is 0 Å². The van der Waals surface area contributed by atoms with Crippen molar-refractivity contribution in [1.29, 1.82) is 0 Å². The number of nitrogens with zero attached hydrogens (tertiary/aromatic N) is 2. The molecular formula is C12H18N4O4. The van der Waals surface area contributed by atoms with Gasteiger partial charge in [-0.2, -0.15) is 0 Å². The number of carbonyl (C=O) groups excluding carboxylic acids is 1. The van der Waals surface area contributed by atoms with Gasteiger partial charge < -0.3 is 15.4 Å². The van der Waals surface area contributed by atoms with Crippen molar-refractivity contribution in [1.82, 2.24) is 10.3 Å². The fourth-order valence-electron chi connectivity index (χ4n) is 1.55. The molecule has 1 amide bonds. The zero-order chi connectivity index (χ0) is 15.1. The highest BCUT2D eigenvalue weighted by Gasteiger charge is 2.22. The van der Waals surface area contributed by atoms with Crippen LogP contribution in [0, 0.1) is 10.1 Å². The summed E-state index contributed by atoms with van der Waals surface area (Å²) in [7, 11) is 1.62. The van der Waals surface area contributed by atoms with Crippen molar-refractivity contribution >= 4 is 17.4 Å². The van der Waals surface area contributed by atoms with Gasteiger partial charge in [-0.3, -0.25) is 14.9 Å². The lowest BCUT2D eigenvalue weighted by Crippen LogP contribution is -2.36. The summed E-state index contributed by atoms with van der Waals surface area (Å²) >= 11 is 0. The normalized spacial score (nSPS) is 11.8. The molecular weight excluding hydrogens is 264 g/mol. The van der Waals surface area contributed by atoms with E-state index >= 15 is 0 Å². The average molecular weight is 282 g/mol. The van der Waals surface area contributed by atoms with Crippen LogP contribution in [0.1, 0.15) is 24.2 Å². The van der Waals surface area contributed by atoms with E-state index in [9.17, 15) is 14.9 Å². The molecule has 1 aromatic heterocycles. The Kier molecular flexibility index (Phi) is 5.85. The molecule has 0 aromatic carbocycles. The fourth-order valence-corrected chi connectivity index (χ4v) is 1.55. The molecule has 0 aliphatic carbocycles. The molecule has 0 radical (unpaired) electrons. The Labute approximate surface area is 116 Å². The largest absolute Gasteiger partial charge is 0.380 e. The first-order chi connectivity index (χ1) is 9.49. The van der Waals surface area contributed by atoms with E-state index in [0.717, 1.165) is 6.20 Å². The zero-order valence-electron chi connectivity index (χ0n) is 11.7. The van der Waals surface area contributed by atoms with E-state index in [2.05, 4.69) is 15.6 Å². The minimum absolute atomic E-state index is 0.0299. The molecule has 0 spiro atoms. The predicted octanol–water partition coefficient (Wildman–Crippen LogP) is 1.19. The van der Waals surface area contributed by atoms with Crippen molar-refractivity contribution in [2.45, 2.75) is 19.9 Å². The molecule has 1 heterocycles. The van der Waals surface area contributed by atoms with E-state index in [4.69, 9.17) is 4.74 Å². The summed E-state index contributed by atoms with van der Waals surface area (Å²) in [5.41, 5.74) is -0.359. The maximum absolute atomic E-state index is 12.1. The van der Waals surface area contributed by atoms with Crippen LogP contribution in [0.4, 0.5) is 11.5 Å². The lowest BCUT2D eigenvalue weighted by Gasteiger charge is -2.14. The van der Waals surface area contributed by atoms with Crippen molar-refractivity contribution < 1.29 is 14.5 Å². The molecule has 1 aromatic rings. The van der Waals surface area contributed by atoms with Gasteiger partial charge in [0.2, 0.25) is 0 Å². The second-order valence-corrected chi connectivity index (χ2v) is 4.13. The molecule has 0 saturated carbocycles. The van der Waals surface area contributed by atoms with Crippen LogP contribution >= 0.6 is 0 Å². The third-order valence-electron chi connectivity index (χ3n) is 2.53. The van der Waals surface area contributed by atoms with Crippen molar-refractivity contribution in [2.75, 3.05) is 25.6 Å². The van der Waals surface area contributed by atoms with Crippen LogP contribution in [0.3, 0.4) is 0 Å². The van der Waals surface area contributed by atoms with Gasteiger partial charge in [-0.1, -0.05) is 0 Å². The molecule has 0 fully saturated rings. The van der Waals surface area contributed by atoms with E-state index in [0.29, 0.717) is 19.0 Å². The number of hydrogen-bond acceptors (Lipinski definition) is 6. The number of anilines is 1. The smallest absolute Gasteiger partial charge is 0.300 e. The van der Waals surface area contributed by atoms with E-state index < -0.39 is 10.8 Å². The standard InChI is InChI=1S/C12H18N4O4/c1-4-20-7-8(2)15-12(17)9-5-11(13-3)14-6-10(9)16(18)19/h5-6,8H,4,7H2,1-3H3,(H,13,14)(H,15,17). The Balaban J connectivity index is 2.92. The van der Waals surface area contributed by atoms with Gasteiger partial charge >= 0.3 is 0 Å². The molecule has 0 bridgehead atoms. The minimum atomic E-state index is -0.630. The topological polar surface area (TPSA) is 106 Å². The van der Waals surface area contributed by atoms with Crippen molar-refractivity contribution in [3.8, 4) is 0 Å². The molecule has 8 heteroatoms.